The number of ether oxygens (including phenoxy) is 1. The number of nitrogens with zero attached hydrogens (tertiary/aromatic N) is 2. The largest absolute Gasteiger partial charge is 0.436 e. The van der Waals surface area contributed by atoms with E-state index in [0.29, 0.717) is 15.6 Å². The highest BCUT2D eigenvalue weighted by Crippen LogP contribution is 2.56. The molecule has 0 saturated heterocycles. The number of benzene rings is 3. The van der Waals surface area contributed by atoms with E-state index in [-0.39, 0.29) is 23.4 Å². The van der Waals surface area contributed by atoms with Crippen molar-refractivity contribution in [3.63, 3.8) is 0 Å². The third kappa shape index (κ3) is 5.43. The molecule has 5 aromatic rings. The van der Waals surface area contributed by atoms with Crippen LogP contribution in [0.2, 0.25) is 0 Å². The number of aromatic nitrogens is 2. The standard InChI is InChI=1S/C27H12F12N2OS/c1-11-17(24(28,29)30)18(25(31,32)33)19(26(34,35)36)20(27(37,38)39)22(11)42-23-15-10-13-6-3-2-5-12(13)9-14(15)21(40-41-23)16-7-4-8-43-16/h2-10H,1H3. The molecule has 0 unspecified atom stereocenters. The molecule has 0 fully saturated rings. The Morgan fingerprint density at radius 2 is 1.12 bits per heavy atom. The van der Waals surface area contributed by atoms with Crippen molar-refractivity contribution in [1.82, 2.24) is 10.2 Å². The summed E-state index contributed by atoms with van der Waals surface area (Å²) in [5.74, 6) is -3.11. The molecule has 0 saturated carbocycles. The van der Waals surface area contributed by atoms with E-state index in [4.69, 9.17) is 4.74 Å². The third-order valence-corrected chi connectivity index (χ3v) is 7.27. The van der Waals surface area contributed by atoms with E-state index in [0.717, 1.165) is 0 Å². The average molecular weight is 640 g/mol. The highest BCUT2D eigenvalue weighted by Gasteiger charge is 2.57. The van der Waals surface area contributed by atoms with Crippen molar-refractivity contribution < 1.29 is 57.4 Å². The number of fused-ring (bicyclic) bond motifs is 2. The van der Waals surface area contributed by atoms with Gasteiger partial charge in [-0.2, -0.15) is 52.7 Å². The highest BCUT2D eigenvalue weighted by molar-refractivity contribution is 7.13. The normalized spacial score (nSPS) is 13.2. The molecule has 3 aromatic carbocycles. The molecule has 16 heteroatoms. The van der Waals surface area contributed by atoms with E-state index in [1.165, 1.54) is 23.5 Å². The molecule has 0 bridgehead atoms. The molecule has 0 aliphatic carbocycles. The highest BCUT2D eigenvalue weighted by atomic mass is 32.1. The van der Waals surface area contributed by atoms with Gasteiger partial charge in [0.15, 0.2) is 0 Å². The van der Waals surface area contributed by atoms with Gasteiger partial charge in [-0.25, -0.2) is 0 Å². The Kier molecular flexibility index (Phi) is 7.06. The van der Waals surface area contributed by atoms with Gasteiger partial charge < -0.3 is 4.74 Å². The summed E-state index contributed by atoms with van der Waals surface area (Å²) in [5, 5.41) is 10.2. The molecule has 0 aliphatic heterocycles. The molecule has 2 aromatic heterocycles. The molecule has 0 amide bonds. The second kappa shape index (κ2) is 9.99. The zero-order chi connectivity index (χ0) is 31.7. The van der Waals surface area contributed by atoms with Gasteiger partial charge in [-0.3, -0.25) is 0 Å². The van der Waals surface area contributed by atoms with E-state index < -0.39 is 64.2 Å². The summed E-state index contributed by atoms with van der Waals surface area (Å²) >= 11 is 1.18. The van der Waals surface area contributed by atoms with Gasteiger partial charge in [0.1, 0.15) is 17.0 Å². The third-order valence-electron chi connectivity index (χ3n) is 6.39. The average Bonchev–Trinajstić information content (AvgIpc) is 3.40. The molecular formula is C27H12F12N2OS. The van der Waals surface area contributed by atoms with Gasteiger partial charge in [0.05, 0.1) is 21.6 Å². The first-order chi connectivity index (χ1) is 19.8. The summed E-state index contributed by atoms with van der Waals surface area (Å²) in [7, 11) is 0. The summed E-state index contributed by atoms with van der Waals surface area (Å²) < 4.78 is 173. The van der Waals surface area contributed by atoms with Crippen LogP contribution in [0.4, 0.5) is 52.7 Å². The minimum atomic E-state index is -6.55. The van der Waals surface area contributed by atoms with Gasteiger partial charge in [-0.15, -0.1) is 21.5 Å². The summed E-state index contributed by atoms with van der Waals surface area (Å²) in [6, 6.07) is 12.5. The van der Waals surface area contributed by atoms with Crippen molar-refractivity contribution in [2.75, 3.05) is 0 Å². The van der Waals surface area contributed by atoms with Gasteiger partial charge in [0, 0.05) is 16.3 Å². The first-order valence-corrected chi connectivity index (χ1v) is 12.6. The van der Waals surface area contributed by atoms with Crippen LogP contribution >= 0.6 is 11.3 Å². The van der Waals surface area contributed by atoms with Gasteiger partial charge in [-0.05, 0) is 41.3 Å². The molecule has 0 atom stereocenters. The van der Waals surface area contributed by atoms with Crippen LogP contribution in [0.5, 0.6) is 11.6 Å². The molecule has 43 heavy (non-hydrogen) atoms. The zero-order valence-electron chi connectivity index (χ0n) is 20.9. The SMILES string of the molecule is Cc1c(Oc2nnc(-c3cccs3)c3cc4ccccc4cc23)c(C(F)(F)F)c(C(F)(F)F)c(C(F)(F)F)c1C(F)(F)F. The molecule has 5 rings (SSSR count). The van der Waals surface area contributed by atoms with Crippen LogP contribution in [0.3, 0.4) is 0 Å². The molecule has 2 heterocycles. The Hall–Kier alpha value is -4.08. The minimum Gasteiger partial charge on any atom is -0.436 e. The second-order valence-corrected chi connectivity index (χ2v) is 10.1. The summed E-state index contributed by atoms with van der Waals surface area (Å²) in [6.07, 6.45) is -25.5. The maximum Gasteiger partial charge on any atom is 0.420 e. The van der Waals surface area contributed by atoms with Crippen LogP contribution < -0.4 is 4.74 Å². The fraction of sp³-hybridized carbons (Fsp3) is 0.185. The number of hydrogen-bond acceptors (Lipinski definition) is 4. The smallest absolute Gasteiger partial charge is 0.420 e. The van der Waals surface area contributed by atoms with Crippen LogP contribution in [0, 0.1) is 6.92 Å². The van der Waals surface area contributed by atoms with Crippen LogP contribution in [0.15, 0.2) is 53.9 Å². The molecule has 0 spiro atoms. The number of hydrogen-bond donors (Lipinski definition) is 0. The molecule has 0 N–H and O–H groups in total. The maximum atomic E-state index is 14.2. The first kappa shape index (κ1) is 30.4. The van der Waals surface area contributed by atoms with E-state index in [2.05, 4.69) is 10.2 Å². The van der Waals surface area contributed by atoms with E-state index >= 15 is 0 Å². The van der Waals surface area contributed by atoms with Gasteiger partial charge >= 0.3 is 24.7 Å². The molecular weight excluding hydrogens is 628 g/mol. The quantitative estimate of drug-likeness (QED) is 0.145. The molecule has 3 nitrogen and oxygen atoms in total. The lowest BCUT2D eigenvalue weighted by atomic mass is 9.89. The summed E-state index contributed by atoms with van der Waals surface area (Å²) in [4.78, 5) is 0.500. The van der Waals surface area contributed by atoms with Gasteiger partial charge in [-0.1, -0.05) is 30.3 Å². The van der Waals surface area contributed by atoms with E-state index in [1.807, 2.05) is 0 Å². The summed E-state index contributed by atoms with van der Waals surface area (Å²) in [6.45, 7) is 0.161. The topological polar surface area (TPSA) is 35.0 Å². The number of alkyl halides is 12. The van der Waals surface area contributed by atoms with Crippen molar-refractivity contribution in [2.45, 2.75) is 31.6 Å². The van der Waals surface area contributed by atoms with Crippen molar-refractivity contribution >= 4 is 32.9 Å². The Labute approximate surface area is 236 Å². The number of halogens is 12. The lowest BCUT2D eigenvalue weighted by Gasteiger charge is -2.28. The van der Waals surface area contributed by atoms with Crippen LogP contribution in [-0.2, 0) is 24.7 Å². The Morgan fingerprint density at radius 3 is 1.60 bits per heavy atom. The van der Waals surface area contributed by atoms with E-state index in [1.54, 1.807) is 41.8 Å². The monoisotopic (exact) mass is 640 g/mol. The minimum absolute atomic E-state index is 0.149. The fourth-order valence-electron chi connectivity index (χ4n) is 4.76. The molecule has 0 aliphatic rings. The van der Waals surface area contributed by atoms with Gasteiger partial charge in [0.2, 0.25) is 5.88 Å². The molecule has 0 radical (unpaired) electrons. The summed E-state index contributed by atoms with van der Waals surface area (Å²) in [5.41, 5.74) is -14.9. The van der Waals surface area contributed by atoms with Crippen molar-refractivity contribution in [3.8, 4) is 22.2 Å². The first-order valence-electron chi connectivity index (χ1n) is 11.7. The lowest BCUT2D eigenvalue weighted by Crippen LogP contribution is -2.29. The predicted molar refractivity (Wildman–Crippen MR) is 132 cm³/mol. The van der Waals surface area contributed by atoms with Gasteiger partial charge in [0.25, 0.3) is 0 Å². The zero-order valence-corrected chi connectivity index (χ0v) is 21.8. The maximum absolute atomic E-state index is 14.2. The van der Waals surface area contributed by atoms with Crippen molar-refractivity contribution in [3.05, 3.63) is 81.7 Å². The van der Waals surface area contributed by atoms with Crippen LogP contribution in [0.25, 0.3) is 32.1 Å². The Bertz CT molecular complexity index is 1850. The van der Waals surface area contributed by atoms with Crippen molar-refractivity contribution in [1.29, 1.82) is 0 Å². The predicted octanol–water partition coefficient (Wildman–Crippen LogP) is 10.7. The van der Waals surface area contributed by atoms with Crippen LogP contribution in [-0.4, -0.2) is 10.2 Å². The Morgan fingerprint density at radius 1 is 0.605 bits per heavy atom. The second-order valence-electron chi connectivity index (χ2n) is 9.12. The van der Waals surface area contributed by atoms with Crippen molar-refractivity contribution in [2.24, 2.45) is 0 Å². The van der Waals surface area contributed by atoms with Crippen LogP contribution in [0.1, 0.15) is 27.8 Å². The Balaban J connectivity index is 1.92. The number of rotatable bonds is 3. The number of thiophene rings is 1. The lowest BCUT2D eigenvalue weighted by molar-refractivity contribution is -0.183. The fourth-order valence-corrected chi connectivity index (χ4v) is 5.48. The van der Waals surface area contributed by atoms with E-state index in [9.17, 15) is 52.7 Å². The molecule has 226 valence electrons.